The van der Waals surface area contributed by atoms with Gasteiger partial charge in [0.05, 0.1) is 26.8 Å². The third-order valence-corrected chi connectivity index (χ3v) is 6.78. The van der Waals surface area contributed by atoms with Crippen LogP contribution in [-0.2, 0) is 0 Å². The predicted octanol–water partition coefficient (Wildman–Crippen LogP) is 6.25. The van der Waals surface area contributed by atoms with Crippen LogP contribution < -0.4 is 29.7 Å². The zero-order chi connectivity index (χ0) is 30.7. The maximum atomic E-state index is 15.0. The lowest BCUT2D eigenvalue weighted by molar-refractivity contribution is 0.102. The molecule has 5 rings (SSSR count). The second kappa shape index (κ2) is 12.2. The molecule has 0 spiro atoms. The molecule has 0 atom stereocenters. The third kappa shape index (κ3) is 5.82. The Labute approximate surface area is 246 Å². The van der Waals surface area contributed by atoms with Crippen LogP contribution in [0.3, 0.4) is 0 Å². The van der Waals surface area contributed by atoms with Crippen LogP contribution in [0.4, 0.5) is 10.2 Å². The van der Waals surface area contributed by atoms with Crippen molar-refractivity contribution in [2.24, 2.45) is 0 Å². The summed E-state index contributed by atoms with van der Waals surface area (Å²) in [5.41, 5.74) is -0.149. The zero-order valence-electron chi connectivity index (χ0n) is 24.2. The van der Waals surface area contributed by atoms with Gasteiger partial charge in [0, 0.05) is 59.5 Å². The number of methoxy groups -OCH3 is 3. The molecule has 0 fully saturated rings. The molecule has 11 heteroatoms. The van der Waals surface area contributed by atoms with Crippen LogP contribution in [0.5, 0.6) is 28.7 Å². The molecule has 0 aliphatic heterocycles. The molecule has 2 aromatic carbocycles. The van der Waals surface area contributed by atoms with E-state index in [1.165, 1.54) is 52.1 Å². The number of nitrogens with zero attached hydrogens (tertiary/aromatic N) is 3. The minimum Gasteiger partial charge on any atom is -0.497 e. The molecule has 3 heterocycles. The van der Waals surface area contributed by atoms with Gasteiger partial charge in [0.2, 0.25) is 5.43 Å². The summed E-state index contributed by atoms with van der Waals surface area (Å²) in [6.45, 7) is 3.77. The highest BCUT2D eigenvalue weighted by atomic mass is 19.1. The van der Waals surface area contributed by atoms with Crippen molar-refractivity contribution < 1.29 is 28.1 Å². The minimum atomic E-state index is -0.732. The maximum absolute atomic E-state index is 15.0. The molecule has 0 bridgehead atoms. The van der Waals surface area contributed by atoms with E-state index in [0.717, 1.165) is 0 Å². The van der Waals surface area contributed by atoms with Crippen LogP contribution in [0.1, 0.15) is 30.2 Å². The zero-order valence-corrected chi connectivity index (χ0v) is 24.2. The predicted molar refractivity (Wildman–Crippen MR) is 160 cm³/mol. The monoisotopic (exact) mass is 584 g/mol. The molecule has 1 N–H and O–H groups in total. The standard InChI is InChI=1S/C32H29FN4O6/c1-18(2)37-16-22(20-9-8-19(40-3)13-24(20)33)30(38)23(17-37)32(39)36-31-27(7-6-11-35-31)43-26-10-12-34-25-15-29(42-5)28(41-4)14-21(25)26/h6-18H,1-5H3,(H,35,36,39). The number of rotatable bonds is 9. The summed E-state index contributed by atoms with van der Waals surface area (Å²) in [5, 5.41) is 3.33. The molecule has 3 aromatic heterocycles. The van der Waals surface area contributed by atoms with Gasteiger partial charge in [0.1, 0.15) is 22.9 Å². The van der Waals surface area contributed by atoms with E-state index in [0.29, 0.717) is 33.9 Å². The van der Waals surface area contributed by atoms with Crippen molar-refractivity contribution in [3.63, 3.8) is 0 Å². The number of nitrogens with one attached hydrogen (secondary N) is 1. The number of amides is 1. The largest absolute Gasteiger partial charge is 0.497 e. The van der Waals surface area contributed by atoms with Gasteiger partial charge >= 0.3 is 0 Å². The smallest absolute Gasteiger partial charge is 0.262 e. The van der Waals surface area contributed by atoms with Crippen molar-refractivity contribution in [3.05, 3.63) is 94.9 Å². The van der Waals surface area contributed by atoms with Crippen molar-refractivity contribution >= 4 is 22.6 Å². The van der Waals surface area contributed by atoms with Crippen LogP contribution in [0.2, 0.25) is 0 Å². The Morgan fingerprint density at radius 3 is 2.33 bits per heavy atom. The molecule has 0 radical (unpaired) electrons. The van der Waals surface area contributed by atoms with Crippen molar-refractivity contribution in [1.82, 2.24) is 14.5 Å². The summed E-state index contributed by atoms with van der Waals surface area (Å²) >= 11 is 0. The number of fused-ring (bicyclic) bond motifs is 1. The number of halogens is 1. The Kier molecular flexibility index (Phi) is 8.24. The van der Waals surface area contributed by atoms with Gasteiger partial charge in [-0.1, -0.05) is 0 Å². The quantitative estimate of drug-likeness (QED) is 0.216. The highest BCUT2D eigenvalue weighted by molar-refractivity contribution is 6.05. The number of benzene rings is 2. The number of ether oxygens (including phenoxy) is 4. The number of aromatic nitrogens is 3. The molecule has 0 unspecified atom stereocenters. The van der Waals surface area contributed by atoms with Crippen LogP contribution >= 0.6 is 0 Å². The van der Waals surface area contributed by atoms with E-state index >= 15 is 4.39 Å². The van der Waals surface area contributed by atoms with E-state index in [1.807, 2.05) is 13.8 Å². The van der Waals surface area contributed by atoms with Crippen molar-refractivity contribution in [2.75, 3.05) is 26.6 Å². The van der Waals surface area contributed by atoms with Gasteiger partial charge in [0.15, 0.2) is 23.1 Å². The second-order valence-electron chi connectivity index (χ2n) is 9.74. The molecular weight excluding hydrogens is 555 g/mol. The van der Waals surface area contributed by atoms with Crippen LogP contribution in [-0.4, -0.2) is 41.8 Å². The summed E-state index contributed by atoms with van der Waals surface area (Å²) in [7, 11) is 4.49. The summed E-state index contributed by atoms with van der Waals surface area (Å²) in [5.74, 6) is 0.650. The van der Waals surface area contributed by atoms with E-state index in [1.54, 1.807) is 47.2 Å². The van der Waals surface area contributed by atoms with Crippen molar-refractivity contribution in [1.29, 1.82) is 0 Å². The molecule has 0 aliphatic rings. The first-order valence-electron chi connectivity index (χ1n) is 13.3. The summed E-state index contributed by atoms with van der Waals surface area (Å²) in [6.07, 6.45) is 6.03. The number of carbonyl (C=O) groups excluding carboxylic acids is 1. The Balaban J connectivity index is 1.52. The average Bonchev–Trinajstić information content (AvgIpc) is 3.01. The first kappa shape index (κ1) is 29.1. The van der Waals surface area contributed by atoms with E-state index < -0.39 is 17.2 Å². The number of hydrogen-bond acceptors (Lipinski definition) is 8. The molecule has 0 saturated carbocycles. The van der Waals surface area contributed by atoms with Crippen molar-refractivity contribution in [3.8, 4) is 39.9 Å². The Morgan fingerprint density at radius 2 is 1.63 bits per heavy atom. The number of pyridine rings is 3. The Bertz CT molecular complexity index is 1890. The van der Waals surface area contributed by atoms with Gasteiger partial charge in [-0.3, -0.25) is 14.6 Å². The lowest BCUT2D eigenvalue weighted by Gasteiger charge is -2.17. The number of hydrogen-bond donors (Lipinski definition) is 1. The minimum absolute atomic E-state index is 0.0339. The van der Waals surface area contributed by atoms with Crippen molar-refractivity contribution in [2.45, 2.75) is 19.9 Å². The highest BCUT2D eigenvalue weighted by Crippen LogP contribution is 2.38. The molecule has 220 valence electrons. The Morgan fingerprint density at radius 1 is 0.860 bits per heavy atom. The fraction of sp³-hybridized carbons (Fsp3) is 0.188. The van der Waals surface area contributed by atoms with Gasteiger partial charge in [-0.05, 0) is 50.2 Å². The molecule has 0 aliphatic carbocycles. The average molecular weight is 585 g/mol. The first-order chi connectivity index (χ1) is 20.7. The van der Waals surface area contributed by atoms with E-state index in [2.05, 4.69) is 15.3 Å². The molecular formula is C32H29FN4O6. The molecule has 43 heavy (non-hydrogen) atoms. The lowest BCUT2D eigenvalue weighted by Crippen LogP contribution is -2.25. The fourth-order valence-corrected chi connectivity index (χ4v) is 4.49. The molecule has 5 aromatic rings. The van der Waals surface area contributed by atoms with Crippen LogP contribution in [0.25, 0.3) is 22.0 Å². The summed E-state index contributed by atoms with van der Waals surface area (Å²) in [4.78, 5) is 35.8. The normalized spacial score (nSPS) is 11.0. The van der Waals surface area contributed by atoms with Gasteiger partial charge < -0.3 is 28.8 Å². The van der Waals surface area contributed by atoms with E-state index in [4.69, 9.17) is 18.9 Å². The lowest BCUT2D eigenvalue weighted by atomic mass is 10.0. The van der Waals surface area contributed by atoms with Crippen LogP contribution in [0.15, 0.2) is 78.1 Å². The first-order valence-corrected chi connectivity index (χ1v) is 13.3. The Hall–Kier alpha value is -5.45. The van der Waals surface area contributed by atoms with Gasteiger partial charge in [0.25, 0.3) is 5.91 Å². The molecule has 0 saturated heterocycles. The third-order valence-electron chi connectivity index (χ3n) is 6.78. The van der Waals surface area contributed by atoms with E-state index in [-0.39, 0.29) is 34.3 Å². The second-order valence-corrected chi connectivity index (χ2v) is 9.74. The van der Waals surface area contributed by atoms with E-state index in [9.17, 15) is 9.59 Å². The van der Waals surface area contributed by atoms with Gasteiger partial charge in [-0.2, -0.15) is 0 Å². The van der Waals surface area contributed by atoms with Crippen LogP contribution in [0, 0.1) is 5.82 Å². The number of anilines is 1. The van der Waals surface area contributed by atoms with Gasteiger partial charge in [-0.15, -0.1) is 0 Å². The highest BCUT2D eigenvalue weighted by Gasteiger charge is 2.21. The summed E-state index contributed by atoms with van der Waals surface area (Å²) in [6, 6.07) is 12.5. The SMILES string of the molecule is COc1ccc(-c2cn(C(C)C)cc(C(=O)Nc3ncccc3Oc3ccnc4cc(OC)c(OC)cc34)c2=O)c(F)c1. The van der Waals surface area contributed by atoms with Gasteiger partial charge in [-0.25, -0.2) is 9.37 Å². The molecule has 10 nitrogen and oxygen atoms in total. The summed E-state index contributed by atoms with van der Waals surface area (Å²) < 4.78 is 38.8. The maximum Gasteiger partial charge on any atom is 0.262 e. The fourth-order valence-electron chi connectivity index (χ4n) is 4.49. The number of carbonyl (C=O) groups is 1. The molecule has 1 amide bonds. The topological polar surface area (TPSA) is 114 Å².